The van der Waals surface area contributed by atoms with Crippen molar-refractivity contribution in [1.82, 2.24) is 24.7 Å². The molecule has 0 aliphatic carbocycles. The number of carbonyl (C=O) groups is 2. The third-order valence-electron chi connectivity index (χ3n) is 4.96. The third-order valence-corrected chi connectivity index (χ3v) is 4.96. The summed E-state index contributed by atoms with van der Waals surface area (Å²) in [6, 6.07) is 0.0314. The first-order valence-corrected chi connectivity index (χ1v) is 8.67. The third kappa shape index (κ3) is 3.90. The summed E-state index contributed by atoms with van der Waals surface area (Å²) in [5.41, 5.74) is 0.837. The summed E-state index contributed by atoms with van der Waals surface area (Å²) in [7, 11) is 2.02. The summed E-state index contributed by atoms with van der Waals surface area (Å²) >= 11 is 0. The van der Waals surface area contributed by atoms with Crippen LogP contribution in [0.2, 0.25) is 0 Å². The molecular weight excluding hydrogens is 306 g/mol. The lowest BCUT2D eigenvalue weighted by Gasteiger charge is -2.37. The van der Waals surface area contributed by atoms with E-state index in [1.54, 1.807) is 18.6 Å². The van der Waals surface area contributed by atoms with Gasteiger partial charge in [-0.05, 0) is 32.9 Å². The molecule has 1 unspecified atom stereocenters. The molecule has 2 fully saturated rings. The van der Waals surface area contributed by atoms with E-state index in [0.29, 0.717) is 39.0 Å². The predicted octanol–water partition coefficient (Wildman–Crippen LogP) is 0.174. The first-order valence-electron chi connectivity index (χ1n) is 8.67. The molecule has 1 atom stereocenters. The van der Waals surface area contributed by atoms with Gasteiger partial charge >= 0.3 is 0 Å². The second-order valence-corrected chi connectivity index (χ2v) is 6.54. The molecule has 7 heteroatoms. The Bertz CT molecular complexity index is 572. The average molecular weight is 331 g/mol. The number of aromatic nitrogens is 2. The normalized spacial score (nSPS) is 22.0. The first-order chi connectivity index (χ1) is 11.6. The maximum Gasteiger partial charge on any atom is 0.240 e. The Balaban J connectivity index is 1.44. The molecule has 0 aromatic carbocycles. The minimum Gasteiger partial charge on any atom is -0.339 e. The van der Waals surface area contributed by atoms with Gasteiger partial charge in [-0.25, -0.2) is 0 Å². The van der Waals surface area contributed by atoms with Crippen LogP contribution in [0.4, 0.5) is 0 Å². The highest BCUT2D eigenvalue weighted by atomic mass is 16.2. The van der Waals surface area contributed by atoms with Gasteiger partial charge in [0.15, 0.2) is 0 Å². The predicted molar refractivity (Wildman–Crippen MR) is 89.2 cm³/mol. The number of likely N-dealkylation sites (N-methyl/N-ethyl adjacent to an activating group) is 1. The molecule has 0 bridgehead atoms. The average Bonchev–Trinajstić information content (AvgIpc) is 3.06. The minimum absolute atomic E-state index is 0.0314. The SMILES string of the molecule is CN1CCCC1C(=O)N1CCN(C(=O)CCc2cnccn2)CC1. The molecule has 0 spiro atoms. The highest BCUT2D eigenvalue weighted by molar-refractivity contribution is 5.83. The molecule has 1 aromatic rings. The minimum atomic E-state index is 0.0314. The second kappa shape index (κ2) is 7.70. The monoisotopic (exact) mass is 331 g/mol. The lowest BCUT2D eigenvalue weighted by Crippen LogP contribution is -2.54. The van der Waals surface area contributed by atoms with Crippen LogP contribution in [0.3, 0.4) is 0 Å². The molecule has 7 nitrogen and oxygen atoms in total. The summed E-state index contributed by atoms with van der Waals surface area (Å²) < 4.78 is 0. The second-order valence-electron chi connectivity index (χ2n) is 6.54. The van der Waals surface area contributed by atoms with Crippen LogP contribution in [0.1, 0.15) is 25.0 Å². The van der Waals surface area contributed by atoms with Crippen LogP contribution < -0.4 is 0 Å². The Morgan fingerprint density at radius 2 is 1.88 bits per heavy atom. The molecule has 130 valence electrons. The largest absolute Gasteiger partial charge is 0.339 e. The summed E-state index contributed by atoms with van der Waals surface area (Å²) in [4.78, 5) is 39.0. The van der Waals surface area contributed by atoms with Crippen molar-refractivity contribution in [2.24, 2.45) is 0 Å². The smallest absolute Gasteiger partial charge is 0.240 e. The van der Waals surface area contributed by atoms with Gasteiger partial charge in [0, 0.05) is 51.2 Å². The summed E-state index contributed by atoms with van der Waals surface area (Å²) in [5.74, 6) is 0.354. The number of rotatable bonds is 4. The number of piperazine rings is 1. The molecular formula is C17H25N5O2. The van der Waals surface area contributed by atoms with E-state index in [4.69, 9.17) is 0 Å². The van der Waals surface area contributed by atoms with Crippen LogP contribution in [0, 0.1) is 0 Å². The van der Waals surface area contributed by atoms with Gasteiger partial charge in [0.05, 0.1) is 11.7 Å². The molecule has 2 amide bonds. The number of likely N-dealkylation sites (tertiary alicyclic amines) is 1. The van der Waals surface area contributed by atoms with Gasteiger partial charge in [0.25, 0.3) is 0 Å². The number of hydrogen-bond donors (Lipinski definition) is 0. The van der Waals surface area contributed by atoms with E-state index in [9.17, 15) is 9.59 Å². The topological polar surface area (TPSA) is 69.6 Å². The number of carbonyl (C=O) groups excluding carboxylic acids is 2. The maximum atomic E-state index is 12.6. The van der Waals surface area contributed by atoms with Crippen molar-refractivity contribution in [3.05, 3.63) is 24.3 Å². The van der Waals surface area contributed by atoms with Crippen LogP contribution in [-0.2, 0) is 16.0 Å². The zero-order valence-corrected chi connectivity index (χ0v) is 14.2. The Morgan fingerprint density at radius 3 is 2.50 bits per heavy atom. The van der Waals surface area contributed by atoms with Gasteiger partial charge in [-0.1, -0.05) is 0 Å². The van der Waals surface area contributed by atoms with Crippen molar-refractivity contribution in [3.63, 3.8) is 0 Å². The van der Waals surface area contributed by atoms with Crippen molar-refractivity contribution in [2.45, 2.75) is 31.7 Å². The zero-order valence-electron chi connectivity index (χ0n) is 14.2. The van der Waals surface area contributed by atoms with Gasteiger partial charge in [-0.2, -0.15) is 0 Å². The highest BCUT2D eigenvalue weighted by Gasteiger charge is 2.33. The van der Waals surface area contributed by atoms with Gasteiger partial charge < -0.3 is 9.80 Å². The fraction of sp³-hybridized carbons (Fsp3) is 0.647. The zero-order chi connectivity index (χ0) is 16.9. The molecule has 3 rings (SSSR count). The van der Waals surface area contributed by atoms with Gasteiger partial charge in [0.1, 0.15) is 0 Å². The Labute approximate surface area is 142 Å². The van der Waals surface area contributed by atoms with Crippen LogP contribution in [0.5, 0.6) is 0 Å². The highest BCUT2D eigenvalue weighted by Crippen LogP contribution is 2.18. The quantitative estimate of drug-likeness (QED) is 0.787. The van der Waals surface area contributed by atoms with E-state index < -0.39 is 0 Å². The molecule has 2 aliphatic heterocycles. The van der Waals surface area contributed by atoms with Gasteiger partial charge in [-0.15, -0.1) is 0 Å². The lowest BCUT2D eigenvalue weighted by molar-refractivity contribution is -0.142. The Morgan fingerprint density at radius 1 is 1.12 bits per heavy atom. The fourth-order valence-corrected chi connectivity index (χ4v) is 3.46. The molecule has 24 heavy (non-hydrogen) atoms. The van der Waals surface area contributed by atoms with Crippen LogP contribution in [0.15, 0.2) is 18.6 Å². The van der Waals surface area contributed by atoms with E-state index in [2.05, 4.69) is 14.9 Å². The first kappa shape index (κ1) is 16.8. The Kier molecular flexibility index (Phi) is 5.40. The fourth-order valence-electron chi connectivity index (χ4n) is 3.46. The molecule has 3 heterocycles. The van der Waals surface area contributed by atoms with E-state index in [1.807, 2.05) is 16.8 Å². The van der Waals surface area contributed by atoms with Gasteiger partial charge in [-0.3, -0.25) is 24.5 Å². The molecule has 2 aliphatic rings. The van der Waals surface area contributed by atoms with Gasteiger partial charge in [0.2, 0.25) is 11.8 Å². The van der Waals surface area contributed by atoms with E-state index in [-0.39, 0.29) is 17.9 Å². The van der Waals surface area contributed by atoms with Crippen molar-refractivity contribution >= 4 is 11.8 Å². The maximum absolute atomic E-state index is 12.6. The van der Waals surface area contributed by atoms with Crippen LogP contribution >= 0.6 is 0 Å². The molecule has 0 saturated carbocycles. The molecule has 1 aromatic heterocycles. The number of aryl methyl sites for hydroxylation is 1. The summed E-state index contributed by atoms with van der Waals surface area (Å²) in [6.45, 7) is 3.53. The molecule has 0 N–H and O–H groups in total. The molecule has 0 radical (unpaired) electrons. The lowest BCUT2D eigenvalue weighted by atomic mass is 10.1. The van der Waals surface area contributed by atoms with E-state index >= 15 is 0 Å². The van der Waals surface area contributed by atoms with E-state index in [1.165, 1.54) is 0 Å². The summed E-state index contributed by atoms with van der Waals surface area (Å²) in [6.07, 6.45) is 8.06. The summed E-state index contributed by atoms with van der Waals surface area (Å²) in [5, 5.41) is 0. The van der Waals surface area contributed by atoms with Crippen LogP contribution in [-0.4, -0.2) is 82.3 Å². The van der Waals surface area contributed by atoms with Crippen molar-refractivity contribution < 1.29 is 9.59 Å². The van der Waals surface area contributed by atoms with E-state index in [0.717, 1.165) is 25.1 Å². The van der Waals surface area contributed by atoms with Crippen molar-refractivity contribution in [1.29, 1.82) is 0 Å². The van der Waals surface area contributed by atoms with Crippen molar-refractivity contribution in [2.75, 3.05) is 39.8 Å². The standard InChI is InChI=1S/C17H25N5O2/c1-20-8-2-3-15(20)17(24)22-11-9-21(10-12-22)16(23)5-4-14-13-18-6-7-19-14/h6-7,13,15H,2-5,8-12H2,1H3. The number of amides is 2. The Hall–Kier alpha value is -2.02. The number of hydrogen-bond acceptors (Lipinski definition) is 5. The molecule has 2 saturated heterocycles. The number of nitrogens with zero attached hydrogens (tertiary/aromatic N) is 5. The van der Waals surface area contributed by atoms with Crippen LogP contribution in [0.25, 0.3) is 0 Å². The van der Waals surface area contributed by atoms with Crippen molar-refractivity contribution in [3.8, 4) is 0 Å².